The molecule has 0 rings (SSSR count). The minimum atomic E-state index is -0.540. The van der Waals surface area contributed by atoms with Crippen LogP contribution in [0.1, 0.15) is 59.3 Å². The van der Waals surface area contributed by atoms with Crippen LogP contribution in [0.4, 0.5) is 0 Å². The van der Waals surface area contributed by atoms with E-state index >= 15 is 0 Å². The van der Waals surface area contributed by atoms with E-state index in [1.807, 2.05) is 13.8 Å². The van der Waals surface area contributed by atoms with Crippen molar-refractivity contribution in [2.45, 2.75) is 71.5 Å². The minimum Gasteiger partial charge on any atom is -0.390 e. The van der Waals surface area contributed by atoms with Crippen LogP contribution in [-0.2, 0) is 0 Å². The van der Waals surface area contributed by atoms with Crippen LogP contribution in [0.2, 0.25) is 0 Å². The highest BCUT2D eigenvalue weighted by Crippen LogP contribution is 2.15. The van der Waals surface area contributed by atoms with Crippen molar-refractivity contribution in [2.75, 3.05) is 0 Å². The first kappa shape index (κ1) is 13.9. The molecule has 0 fully saturated rings. The topological polar surface area (TPSA) is 40.5 Å². The molecule has 2 nitrogen and oxygen atoms in total. The van der Waals surface area contributed by atoms with Gasteiger partial charge in [0.05, 0.1) is 12.2 Å². The van der Waals surface area contributed by atoms with Crippen LogP contribution in [0.25, 0.3) is 0 Å². The predicted octanol–water partition coefficient (Wildman–Crippen LogP) is 2.72. The molecule has 86 valence electrons. The summed E-state index contributed by atoms with van der Waals surface area (Å²) in [5, 5.41) is 19.4. The van der Waals surface area contributed by atoms with Gasteiger partial charge in [-0.1, -0.05) is 52.9 Å². The Morgan fingerprint density at radius 3 is 2.14 bits per heavy atom. The quantitative estimate of drug-likeness (QED) is 0.594. The molecule has 0 heterocycles. The van der Waals surface area contributed by atoms with Crippen molar-refractivity contribution in [3.8, 4) is 0 Å². The third-order valence-electron chi connectivity index (χ3n) is 2.97. The second-order valence-electron chi connectivity index (χ2n) is 4.29. The lowest BCUT2D eigenvalue weighted by Crippen LogP contribution is -2.31. The highest BCUT2D eigenvalue weighted by Gasteiger charge is 2.20. The Labute approximate surface area is 88.3 Å². The van der Waals surface area contributed by atoms with Crippen molar-refractivity contribution in [3.63, 3.8) is 0 Å². The molecule has 0 aliphatic heterocycles. The summed E-state index contributed by atoms with van der Waals surface area (Å²) < 4.78 is 0. The standard InChI is InChI=1S/C12H26O2/c1-4-6-7-8-9-11(13)12(14)10(3)5-2/h10-14H,4-9H2,1-3H3. The fourth-order valence-electron chi connectivity index (χ4n) is 1.57. The van der Waals surface area contributed by atoms with Gasteiger partial charge in [-0.15, -0.1) is 0 Å². The molecule has 2 heteroatoms. The number of aliphatic hydroxyl groups is 2. The Morgan fingerprint density at radius 1 is 1.00 bits per heavy atom. The molecule has 0 spiro atoms. The fourth-order valence-corrected chi connectivity index (χ4v) is 1.57. The molecule has 0 aliphatic carbocycles. The van der Waals surface area contributed by atoms with Crippen LogP contribution in [0.15, 0.2) is 0 Å². The predicted molar refractivity (Wildman–Crippen MR) is 60.2 cm³/mol. The number of unbranched alkanes of at least 4 members (excludes halogenated alkanes) is 3. The fraction of sp³-hybridized carbons (Fsp3) is 1.00. The summed E-state index contributed by atoms with van der Waals surface area (Å²) in [7, 11) is 0. The zero-order valence-corrected chi connectivity index (χ0v) is 9.87. The van der Waals surface area contributed by atoms with Gasteiger partial charge in [0.1, 0.15) is 0 Å². The van der Waals surface area contributed by atoms with E-state index in [0.29, 0.717) is 0 Å². The van der Waals surface area contributed by atoms with Gasteiger partial charge < -0.3 is 10.2 Å². The Hall–Kier alpha value is -0.0800. The van der Waals surface area contributed by atoms with Crippen molar-refractivity contribution >= 4 is 0 Å². The van der Waals surface area contributed by atoms with Crippen molar-refractivity contribution in [1.29, 1.82) is 0 Å². The summed E-state index contributed by atoms with van der Waals surface area (Å²) in [5.74, 6) is 0.205. The number of hydrogen-bond donors (Lipinski definition) is 2. The Kier molecular flexibility index (Phi) is 8.20. The largest absolute Gasteiger partial charge is 0.390 e. The van der Waals surface area contributed by atoms with Crippen LogP contribution in [0.3, 0.4) is 0 Å². The van der Waals surface area contributed by atoms with Crippen molar-refractivity contribution in [2.24, 2.45) is 5.92 Å². The average Bonchev–Trinajstić information content (AvgIpc) is 2.21. The molecule has 0 aromatic carbocycles. The van der Waals surface area contributed by atoms with Gasteiger partial charge in [-0.05, 0) is 12.3 Å². The zero-order chi connectivity index (χ0) is 11.0. The van der Waals surface area contributed by atoms with E-state index in [1.165, 1.54) is 19.3 Å². The van der Waals surface area contributed by atoms with E-state index in [9.17, 15) is 10.2 Å². The van der Waals surface area contributed by atoms with Gasteiger partial charge in [-0.3, -0.25) is 0 Å². The maximum absolute atomic E-state index is 9.69. The van der Waals surface area contributed by atoms with Gasteiger partial charge in [-0.25, -0.2) is 0 Å². The molecule has 3 atom stereocenters. The van der Waals surface area contributed by atoms with Crippen molar-refractivity contribution in [1.82, 2.24) is 0 Å². The Bertz CT molecular complexity index is 125. The summed E-state index contributed by atoms with van der Waals surface area (Å²) in [6.45, 7) is 6.20. The monoisotopic (exact) mass is 202 g/mol. The van der Waals surface area contributed by atoms with Crippen LogP contribution in [-0.4, -0.2) is 22.4 Å². The van der Waals surface area contributed by atoms with Gasteiger partial charge >= 0.3 is 0 Å². The molecule has 14 heavy (non-hydrogen) atoms. The van der Waals surface area contributed by atoms with Crippen molar-refractivity contribution < 1.29 is 10.2 Å². The van der Waals surface area contributed by atoms with Crippen LogP contribution in [0, 0.1) is 5.92 Å². The molecule has 3 unspecified atom stereocenters. The first-order valence-corrected chi connectivity index (χ1v) is 5.99. The summed E-state index contributed by atoms with van der Waals surface area (Å²) >= 11 is 0. The second-order valence-corrected chi connectivity index (χ2v) is 4.29. The number of hydrogen-bond acceptors (Lipinski definition) is 2. The highest BCUT2D eigenvalue weighted by molar-refractivity contribution is 4.71. The van der Waals surface area contributed by atoms with Gasteiger partial charge in [0.25, 0.3) is 0 Å². The molecule has 0 aromatic rings. The lowest BCUT2D eigenvalue weighted by molar-refractivity contribution is -0.0185. The van der Waals surface area contributed by atoms with E-state index in [-0.39, 0.29) is 5.92 Å². The SMILES string of the molecule is CCCCCCC(O)C(O)C(C)CC. The van der Waals surface area contributed by atoms with E-state index in [2.05, 4.69) is 6.92 Å². The summed E-state index contributed by atoms with van der Waals surface area (Å²) in [4.78, 5) is 0. The third-order valence-corrected chi connectivity index (χ3v) is 2.97. The van der Waals surface area contributed by atoms with Gasteiger partial charge in [0.2, 0.25) is 0 Å². The van der Waals surface area contributed by atoms with E-state index in [1.54, 1.807) is 0 Å². The Morgan fingerprint density at radius 2 is 1.64 bits per heavy atom. The Balaban J connectivity index is 3.56. The molecule has 2 N–H and O–H groups in total. The molecule has 0 aromatic heterocycles. The maximum Gasteiger partial charge on any atom is 0.0824 e. The molecule has 0 saturated heterocycles. The lowest BCUT2D eigenvalue weighted by atomic mass is 9.94. The third kappa shape index (κ3) is 5.61. The van der Waals surface area contributed by atoms with Crippen LogP contribution < -0.4 is 0 Å². The first-order valence-electron chi connectivity index (χ1n) is 5.99. The van der Waals surface area contributed by atoms with E-state index < -0.39 is 12.2 Å². The summed E-state index contributed by atoms with van der Waals surface area (Å²) in [6, 6.07) is 0. The molecule has 0 saturated carbocycles. The normalized spacial score (nSPS) is 17.8. The van der Waals surface area contributed by atoms with Crippen molar-refractivity contribution in [3.05, 3.63) is 0 Å². The van der Waals surface area contributed by atoms with Gasteiger partial charge in [0.15, 0.2) is 0 Å². The summed E-state index contributed by atoms with van der Waals surface area (Å²) in [5.41, 5.74) is 0. The number of rotatable bonds is 8. The first-order chi connectivity index (χ1) is 6.63. The summed E-state index contributed by atoms with van der Waals surface area (Å²) in [6.07, 6.45) is 5.24. The van der Waals surface area contributed by atoms with Gasteiger partial charge in [-0.2, -0.15) is 0 Å². The molecular weight excluding hydrogens is 176 g/mol. The highest BCUT2D eigenvalue weighted by atomic mass is 16.3. The average molecular weight is 202 g/mol. The second kappa shape index (κ2) is 8.25. The lowest BCUT2D eigenvalue weighted by Gasteiger charge is -2.22. The van der Waals surface area contributed by atoms with E-state index in [0.717, 1.165) is 19.3 Å². The van der Waals surface area contributed by atoms with Crippen LogP contribution >= 0.6 is 0 Å². The number of aliphatic hydroxyl groups excluding tert-OH is 2. The zero-order valence-electron chi connectivity index (χ0n) is 9.87. The smallest absolute Gasteiger partial charge is 0.0824 e. The van der Waals surface area contributed by atoms with Gasteiger partial charge in [0, 0.05) is 0 Å². The molecule has 0 bridgehead atoms. The molecule has 0 aliphatic rings. The molecular formula is C12H26O2. The maximum atomic E-state index is 9.69. The molecule has 0 amide bonds. The minimum absolute atomic E-state index is 0.205. The van der Waals surface area contributed by atoms with Crippen LogP contribution in [0.5, 0.6) is 0 Å². The molecule has 0 radical (unpaired) electrons. The van der Waals surface area contributed by atoms with E-state index in [4.69, 9.17) is 0 Å².